The lowest BCUT2D eigenvalue weighted by atomic mass is 9.83. The van der Waals surface area contributed by atoms with Crippen molar-refractivity contribution < 1.29 is 4.74 Å². The van der Waals surface area contributed by atoms with Crippen LogP contribution in [0.5, 0.6) is 0 Å². The molecule has 3 rings (SSSR count). The molecule has 2 aliphatic rings. The predicted molar refractivity (Wildman–Crippen MR) is 75.9 cm³/mol. The number of hydrogen-bond donors (Lipinski definition) is 1. The van der Waals surface area contributed by atoms with E-state index in [1.165, 1.54) is 49.8 Å². The number of hydrogen-bond acceptors (Lipinski definition) is 3. The van der Waals surface area contributed by atoms with Crippen molar-refractivity contribution in [3.63, 3.8) is 0 Å². The molecule has 0 aromatic carbocycles. The molecule has 1 aliphatic carbocycles. The van der Waals surface area contributed by atoms with Crippen molar-refractivity contribution in [2.24, 2.45) is 0 Å². The third kappa shape index (κ3) is 2.95. The van der Waals surface area contributed by atoms with E-state index >= 15 is 0 Å². The van der Waals surface area contributed by atoms with Crippen LogP contribution >= 0.6 is 11.3 Å². The van der Waals surface area contributed by atoms with Gasteiger partial charge in [0.15, 0.2) is 0 Å². The molecule has 18 heavy (non-hydrogen) atoms. The van der Waals surface area contributed by atoms with Crippen LogP contribution in [0.1, 0.15) is 49.8 Å². The van der Waals surface area contributed by atoms with Crippen molar-refractivity contribution in [2.75, 3.05) is 6.54 Å². The molecule has 1 unspecified atom stereocenters. The summed E-state index contributed by atoms with van der Waals surface area (Å²) in [6.45, 7) is 2.00. The first kappa shape index (κ1) is 12.6. The fourth-order valence-electron chi connectivity index (χ4n) is 3.37. The Labute approximate surface area is 114 Å². The normalized spacial score (nSPS) is 26.8. The lowest BCUT2D eigenvalue weighted by Gasteiger charge is -2.33. The van der Waals surface area contributed by atoms with Gasteiger partial charge in [-0.15, -0.1) is 11.3 Å². The summed E-state index contributed by atoms with van der Waals surface area (Å²) in [5, 5.41) is 5.68. The van der Waals surface area contributed by atoms with Crippen LogP contribution in [-0.4, -0.2) is 18.2 Å². The van der Waals surface area contributed by atoms with Gasteiger partial charge in [0.25, 0.3) is 0 Å². The van der Waals surface area contributed by atoms with Gasteiger partial charge in [-0.1, -0.05) is 25.3 Å². The van der Waals surface area contributed by atoms with Gasteiger partial charge in [-0.05, 0) is 37.1 Å². The van der Waals surface area contributed by atoms with Gasteiger partial charge >= 0.3 is 0 Å². The van der Waals surface area contributed by atoms with E-state index < -0.39 is 0 Å². The molecule has 2 nitrogen and oxygen atoms in total. The zero-order valence-electron chi connectivity index (χ0n) is 11.0. The maximum absolute atomic E-state index is 6.35. The van der Waals surface area contributed by atoms with Crippen LogP contribution in [0.3, 0.4) is 0 Å². The van der Waals surface area contributed by atoms with Gasteiger partial charge < -0.3 is 10.1 Å². The number of ether oxygens (including phenoxy) is 1. The minimum atomic E-state index is 0.271. The Morgan fingerprint density at radius 3 is 2.94 bits per heavy atom. The summed E-state index contributed by atoms with van der Waals surface area (Å²) < 4.78 is 6.35. The Balaban J connectivity index is 1.42. The Hall–Kier alpha value is -0.380. The highest BCUT2D eigenvalue weighted by molar-refractivity contribution is 7.09. The molecular formula is C15H23NOS. The van der Waals surface area contributed by atoms with Crippen molar-refractivity contribution >= 4 is 11.3 Å². The summed E-state index contributed by atoms with van der Waals surface area (Å²) in [6, 6.07) is 4.31. The lowest BCUT2D eigenvalue weighted by molar-refractivity contribution is -0.0624. The Morgan fingerprint density at radius 1 is 1.28 bits per heavy atom. The van der Waals surface area contributed by atoms with E-state index in [1.54, 1.807) is 0 Å². The van der Waals surface area contributed by atoms with Crippen LogP contribution in [0.4, 0.5) is 0 Å². The second-order valence-electron chi connectivity index (χ2n) is 5.73. The van der Waals surface area contributed by atoms with Gasteiger partial charge in [0.1, 0.15) is 0 Å². The van der Waals surface area contributed by atoms with Gasteiger partial charge in [-0.2, -0.15) is 0 Å². The van der Waals surface area contributed by atoms with Gasteiger partial charge in [-0.3, -0.25) is 0 Å². The van der Waals surface area contributed by atoms with Crippen LogP contribution in [0, 0.1) is 0 Å². The minimum Gasteiger partial charge on any atom is -0.370 e. The van der Waals surface area contributed by atoms with Crippen molar-refractivity contribution in [3.05, 3.63) is 22.4 Å². The molecule has 2 fully saturated rings. The quantitative estimate of drug-likeness (QED) is 0.896. The highest BCUT2D eigenvalue weighted by Gasteiger charge is 2.40. The van der Waals surface area contributed by atoms with Crippen LogP contribution in [-0.2, 0) is 11.3 Å². The zero-order valence-corrected chi connectivity index (χ0v) is 11.8. The van der Waals surface area contributed by atoms with E-state index in [1.807, 2.05) is 11.3 Å². The molecule has 3 heteroatoms. The second-order valence-corrected chi connectivity index (χ2v) is 6.76. The SMILES string of the molecule is c1csc(CNCC2CCC3(CCCCC3)O2)c1. The summed E-state index contributed by atoms with van der Waals surface area (Å²) in [4.78, 5) is 1.42. The van der Waals surface area contributed by atoms with E-state index in [2.05, 4.69) is 22.8 Å². The van der Waals surface area contributed by atoms with E-state index in [-0.39, 0.29) is 5.60 Å². The molecule has 1 atom stereocenters. The summed E-state index contributed by atoms with van der Waals surface area (Å²) in [6.07, 6.45) is 9.73. The average molecular weight is 265 g/mol. The highest BCUT2D eigenvalue weighted by atomic mass is 32.1. The number of thiophene rings is 1. The topological polar surface area (TPSA) is 21.3 Å². The van der Waals surface area contributed by atoms with Gasteiger partial charge in [0.2, 0.25) is 0 Å². The van der Waals surface area contributed by atoms with Crippen LogP contribution in [0.25, 0.3) is 0 Å². The Kier molecular flexibility index (Phi) is 4.02. The highest BCUT2D eigenvalue weighted by Crippen LogP contribution is 2.41. The summed E-state index contributed by atoms with van der Waals surface area (Å²) in [7, 11) is 0. The van der Waals surface area contributed by atoms with Crippen molar-refractivity contribution in [3.8, 4) is 0 Å². The summed E-state index contributed by atoms with van der Waals surface area (Å²) >= 11 is 1.82. The first-order valence-corrected chi connectivity index (χ1v) is 8.15. The molecule has 1 aromatic rings. The molecule has 0 bridgehead atoms. The third-order valence-corrected chi connectivity index (χ3v) is 5.23. The number of nitrogens with one attached hydrogen (secondary N) is 1. The molecule has 0 radical (unpaired) electrons. The molecule has 100 valence electrons. The van der Waals surface area contributed by atoms with E-state index in [4.69, 9.17) is 4.74 Å². The smallest absolute Gasteiger partial charge is 0.0708 e. The molecule has 1 saturated carbocycles. The summed E-state index contributed by atoms with van der Waals surface area (Å²) in [5.74, 6) is 0. The van der Waals surface area contributed by atoms with Crippen molar-refractivity contribution in [1.82, 2.24) is 5.32 Å². The summed E-state index contributed by atoms with van der Waals surface area (Å²) in [5.41, 5.74) is 0.271. The largest absolute Gasteiger partial charge is 0.370 e. The average Bonchev–Trinajstić information content (AvgIpc) is 3.02. The van der Waals surface area contributed by atoms with E-state index in [0.29, 0.717) is 6.10 Å². The second kappa shape index (κ2) is 5.72. The molecule has 1 spiro atoms. The molecule has 1 aliphatic heterocycles. The third-order valence-electron chi connectivity index (χ3n) is 4.35. The first-order chi connectivity index (χ1) is 8.86. The van der Waals surface area contributed by atoms with Crippen LogP contribution in [0.2, 0.25) is 0 Å². The van der Waals surface area contributed by atoms with Gasteiger partial charge in [0, 0.05) is 18.0 Å². The first-order valence-electron chi connectivity index (χ1n) is 7.27. The predicted octanol–water partition coefficient (Wildman–Crippen LogP) is 3.72. The monoisotopic (exact) mass is 265 g/mol. The molecule has 1 N–H and O–H groups in total. The molecular weight excluding hydrogens is 242 g/mol. The standard InChI is InChI=1S/C15H23NOS/c1-2-7-15(8-3-1)9-6-13(17-15)11-16-12-14-5-4-10-18-14/h4-5,10,13,16H,1-3,6-9,11-12H2. The maximum Gasteiger partial charge on any atom is 0.0708 e. The fraction of sp³-hybridized carbons (Fsp3) is 0.733. The maximum atomic E-state index is 6.35. The zero-order chi connectivity index (χ0) is 12.3. The van der Waals surface area contributed by atoms with Crippen molar-refractivity contribution in [1.29, 1.82) is 0 Å². The van der Waals surface area contributed by atoms with Crippen molar-refractivity contribution in [2.45, 2.75) is 63.2 Å². The molecule has 0 amide bonds. The molecule has 1 aromatic heterocycles. The minimum absolute atomic E-state index is 0.271. The van der Waals surface area contributed by atoms with Gasteiger partial charge in [-0.25, -0.2) is 0 Å². The van der Waals surface area contributed by atoms with Gasteiger partial charge in [0.05, 0.1) is 11.7 Å². The van der Waals surface area contributed by atoms with E-state index in [9.17, 15) is 0 Å². The molecule has 1 saturated heterocycles. The Morgan fingerprint density at radius 2 is 2.17 bits per heavy atom. The van der Waals surface area contributed by atoms with E-state index in [0.717, 1.165) is 13.1 Å². The Bertz CT molecular complexity index is 357. The fourth-order valence-corrected chi connectivity index (χ4v) is 4.05. The number of rotatable bonds is 4. The molecule has 2 heterocycles. The lowest BCUT2D eigenvalue weighted by Crippen LogP contribution is -2.34. The van der Waals surface area contributed by atoms with Crippen LogP contribution in [0.15, 0.2) is 17.5 Å². The van der Waals surface area contributed by atoms with Crippen LogP contribution < -0.4 is 5.32 Å².